The van der Waals surface area contributed by atoms with Gasteiger partial charge in [0.25, 0.3) is 0 Å². The van der Waals surface area contributed by atoms with Gasteiger partial charge in [-0.05, 0) is 33.2 Å². The highest BCUT2D eigenvalue weighted by Crippen LogP contribution is 2.21. The second kappa shape index (κ2) is 6.33. The SMILES string of the molecule is CCC(CCN)N(CC(F)(F)F)C(C)C. The van der Waals surface area contributed by atoms with E-state index in [1.165, 1.54) is 4.90 Å². The molecule has 1 unspecified atom stereocenters. The van der Waals surface area contributed by atoms with Crippen molar-refractivity contribution in [2.75, 3.05) is 13.1 Å². The van der Waals surface area contributed by atoms with Gasteiger partial charge in [0.05, 0.1) is 6.54 Å². The van der Waals surface area contributed by atoms with Gasteiger partial charge in [-0.2, -0.15) is 13.2 Å². The second-order valence-corrected chi connectivity index (χ2v) is 4.02. The third-order valence-electron chi connectivity index (χ3n) is 2.47. The van der Waals surface area contributed by atoms with Gasteiger partial charge in [-0.3, -0.25) is 4.90 Å². The van der Waals surface area contributed by atoms with Crippen molar-refractivity contribution in [3.05, 3.63) is 0 Å². The van der Waals surface area contributed by atoms with Crippen LogP contribution in [-0.4, -0.2) is 36.2 Å². The average molecular weight is 226 g/mol. The van der Waals surface area contributed by atoms with Crippen molar-refractivity contribution < 1.29 is 13.2 Å². The molecule has 15 heavy (non-hydrogen) atoms. The van der Waals surface area contributed by atoms with Crippen LogP contribution in [0.15, 0.2) is 0 Å². The van der Waals surface area contributed by atoms with Gasteiger partial charge < -0.3 is 5.73 Å². The highest BCUT2D eigenvalue weighted by Gasteiger charge is 2.34. The lowest BCUT2D eigenvalue weighted by atomic mass is 10.1. The molecule has 0 saturated heterocycles. The minimum atomic E-state index is -4.13. The van der Waals surface area contributed by atoms with Crippen molar-refractivity contribution in [2.45, 2.75) is 51.9 Å². The van der Waals surface area contributed by atoms with Gasteiger partial charge in [0, 0.05) is 12.1 Å². The Morgan fingerprint density at radius 1 is 1.27 bits per heavy atom. The summed E-state index contributed by atoms with van der Waals surface area (Å²) in [5.41, 5.74) is 5.40. The lowest BCUT2D eigenvalue weighted by Crippen LogP contribution is -2.46. The number of alkyl halides is 3. The van der Waals surface area contributed by atoms with Crippen LogP contribution in [0.3, 0.4) is 0 Å². The van der Waals surface area contributed by atoms with Crippen LogP contribution >= 0.6 is 0 Å². The van der Waals surface area contributed by atoms with Crippen LogP contribution in [0, 0.1) is 0 Å². The number of rotatable bonds is 6. The lowest BCUT2D eigenvalue weighted by molar-refractivity contribution is -0.155. The van der Waals surface area contributed by atoms with Crippen LogP contribution < -0.4 is 5.73 Å². The van der Waals surface area contributed by atoms with Crippen LogP contribution in [0.1, 0.15) is 33.6 Å². The summed E-state index contributed by atoms with van der Waals surface area (Å²) in [6, 6.07) is -0.181. The average Bonchev–Trinajstić information content (AvgIpc) is 2.09. The van der Waals surface area contributed by atoms with Crippen molar-refractivity contribution in [1.82, 2.24) is 4.90 Å². The van der Waals surface area contributed by atoms with E-state index in [9.17, 15) is 13.2 Å². The van der Waals surface area contributed by atoms with Gasteiger partial charge >= 0.3 is 6.18 Å². The Kier molecular flexibility index (Phi) is 6.20. The monoisotopic (exact) mass is 226 g/mol. The fourth-order valence-electron chi connectivity index (χ4n) is 1.74. The highest BCUT2D eigenvalue weighted by atomic mass is 19.4. The molecule has 0 fully saturated rings. The summed E-state index contributed by atoms with van der Waals surface area (Å²) in [5, 5.41) is 0. The van der Waals surface area contributed by atoms with Gasteiger partial charge in [0.1, 0.15) is 0 Å². The Balaban J connectivity index is 4.48. The molecule has 0 aromatic rings. The maximum absolute atomic E-state index is 12.3. The molecule has 92 valence electrons. The van der Waals surface area contributed by atoms with E-state index in [4.69, 9.17) is 5.73 Å². The van der Waals surface area contributed by atoms with E-state index in [0.29, 0.717) is 19.4 Å². The molecule has 0 saturated carbocycles. The minimum absolute atomic E-state index is 0.0726. The van der Waals surface area contributed by atoms with Crippen LogP contribution in [0.2, 0.25) is 0 Å². The Morgan fingerprint density at radius 3 is 2.07 bits per heavy atom. The maximum Gasteiger partial charge on any atom is 0.401 e. The zero-order valence-electron chi connectivity index (χ0n) is 9.64. The molecule has 0 spiro atoms. The zero-order valence-corrected chi connectivity index (χ0v) is 9.64. The third-order valence-corrected chi connectivity index (χ3v) is 2.47. The normalized spacial score (nSPS) is 15.0. The Morgan fingerprint density at radius 2 is 1.80 bits per heavy atom. The topological polar surface area (TPSA) is 29.3 Å². The summed E-state index contributed by atoms with van der Waals surface area (Å²) in [7, 11) is 0. The molecule has 2 nitrogen and oxygen atoms in total. The Bertz CT molecular complexity index is 169. The zero-order chi connectivity index (χ0) is 12.1. The van der Waals surface area contributed by atoms with Gasteiger partial charge in [-0.15, -0.1) is 0 Å². The predicted octanol–water partition coefficient (Wildman–Crippen LogP) is 2.39. The highest BCUT2D eigenvalue weighted by molar-refractivity contribution is 4.76. The molecule has 0 aromatic heterocycles. The van der Waals surface area contributed by atoms with Crippen molar-refractivity contribution in [2.24, 2.45) is 5.73 Å². The van der Waals surface area contributed by atoms with E-state index in [2.05, 4.69) is 0 Å². The molecule has 2 N–H and O–H groups in total. The molecule has 0 aliphatic heterocycles. The molecule has 5 heteroatoms. The van der Waals surface area contributed by atoms with Crippen LogP contribution in [-0.2, 0) is 0 Å². The van der Waals surface area contributed by atoms with E-state index < -0.39 is 12.7 Å². The largest absolute Gasteiger partial charge is 0.401 e. The van der Waals surface area contributed by atoms with Crippen LogP contribution in [0.5, 0.6) is 0 Å². The van der Waals surface area contributed by atoms with Crippen molar-refractivity contribution >= 4 is 0 Å². The minimum Gasteiger partial charge on any atom is -0.330 e. The van der Waals surface area contributed by atoms with Gasteiger partial charge in [-0.1, -0.05) is 6.92 Å². The van der Waals surface area contributed by atoms with Crippen molar-refractivity contribution in [3.63, 3.8) is 0 Å². The smallest absolute Gasteiger partial charge is 0.330 e. The van der Waals surface area contributed by atoms with E-state index in [1.54, 1.807) is 13.8 Å². The first-order chi connectivity index (χ1) is 6.81. The van der Waals surface area contributed by atoms with Crippen molar-refractivity contribution in [3.8, 4) is 0 Å². The molecule has 0 amide bonds. The molecule has 0 aliphatic carbocycles. The summed E-state index contributed by atoms with van der Waals surface area (Å²) in [6.45, 7) is 5.05. The first-order valence-corrected chi connectivity index (χ1v) is 5.34. The molecule has 0 rings (SSSR count). The molecule has 0 bridgehead atoms. The maximum atomic E-state index is 12.3. The summed E-state index contributed by atoms with van der Waals surface area (Å²) >= 11 is 0. The number of hydrogen-bond donors (Lipinski definition) is 1. The summed E-state index contributed by atoms with van der Waals surface area (Å²) in [6.07, 6.45) is -2.82. The van der Waals surface area contributed by atoms with Gasteiger partial charge in [0.15, 0.2) is 0 Å². The molecule has 0 heterocycles. The summed E-state index contributed by atoms with van der Waals surface area (Å²) in [5.74, 6) is 0. The number of nitrogens with two attached hydrogens (primary N) is 1. The van der Waals surface area contributed by atoms with Crippen LogP contribution in [0.4, 0.5) is 13.2 Å². The Labute approximate surface area is 89.6 Å². The first kappa shape index (κ1) is 14.7. The Hall–Kier alpha value is -0.290. The van der Waals surface area contributed by atoms with Gasteiger partial charge in [-0.25, -0.2) is 0 Å². The molecule has 0 aliphatic rings. The summed E-state index contributed by atoms with van der Waals surface area (Å²) < 4.78 is 37.0. The predicted molar refractivity (Wildman–Crippen MR) is 55.6 cm³/mol. The third kappa shape index (κ3) is 5.99. The quantitative estimate of drug-likeness (QED) is 0.753. The number of nitrogens with zero attached hydrogens (tertiary/aromatic N) is 1. The molecule has 1 atom stereocenters. The first-order valence-electron chi connectivity index (χ1n) is 5.34. The molecule has 0 radical (unpaired) electrons. The second-order valence-electron chi connectivity index (χ2n) is 4.02. The van der Waals surface area contributed by atoms with Gasteiger partial charge in [0.2, 0.25) is 0 Å². The van der Waals surface area contributed by atoms with E-state index >= 15 is 0 Å². The van der Waals surface area contributed by atoms with Crippen molar-refractivity contribution in [1.29, 1.82) is 0 Å². The molecular formula is C10H21F3N2. The fraction of sp³-hybridized carbons (Fsp3) is 1.00. The molecule has 0 aromatic carbocycles. The number of halogens is 3. The van der Waals surface area contributed by atoms with Crippen LogP contribution in [0.25, 0.3) is 0 Å². The van der Waals surface area contributed by atoms with E-state index in [1.807, 2.05) is 6.92 Å². The summed E-state index contributed by atoms with van der Waals surface area (Å²) in [4.78, 5) is 1.48. The van der Waals surface area contributed by atoms with E-state index in [-0.39, 0.29) is 12.1 Å². The fourth-order valence-corrected chi connectivity index (χ4v) is 1.74. The lowest BCUT2D eigenvalue weighted by Gasteiger charge is -2.34. The van der Waals surface area contributed by atoms with E-state index in [0.717, 1.165) is 0 Å². The molecular weight excluding hydrogens is 205 g/mol. The standard InChI is InChI=1S/C10H21F3N2/c1-4-9(5-6-14)15(8(2)3)7-10(11,12)13/h8-9H,4-7,14H2,1-3H3. The number of hydrogen-bond acceptors (Lipinski definition) is 2.